The molecule has 0 nitrogen and oxygen atoms in total. The minimum absolute atomic E-state index is 1.23. The van der Waals surface area contributed by atoms with Crippen LogP contribution in [0.5, 0.6) is 0 Å². The highest BCUT2D eigenvalue weighted by molar-refractivity contribution is 6.29. The van der Waals surface area contributed by atoms with Crippen LogP contribution in [-0.4, -0.2) is 0 Å². The van der Waals surface area contributed by atoms with E-state index >= 15 is 0 Å². The van der Waals surface area contributed by atoms with Crippen molar-refractivity contribution in [3.05, 3.63) is 218 Å². The van der Waals surface area contributed by atoms with Crippen LogP contribution in [0.2, 0.25) is 0 Å². The molecule has 0 aliphatic rings. The third-order valence-electron chi connectivity index (χ3n) is 14.0. The van der Waals surface area contributed by atoms with Gasteiger partial charge in [0.25, 0.3) is 0 Å². The lowest BCUT2D eigenvalue weighted by atomic mass is 9.81. The predicted octanol–water partition coefficient (Wildman–Crippen LogP) is 17.6. The van der Waals surface area contributed by atoms with Crippen LogP contribution in [0.3, 0.4) is 0 Å². The van der Waals surface area contributed by atoms with Crippen molar-refractivity contribution in [3.8, 4) is 44.5 Å². The number of rotatable bonds is 4. The molecule has 0 saturated heterocycles. The van der Waals surface area contributed by atoms with Crippen LogP contribution in [-0.2, 0) is 0 Å². The Hall–Kier alpha value is -8.06. The Morgan fingerprint density at radius 2 is 0.516 bits per heavy atom. The number of benzene rings is 14. The van der Waals surface area contributed by atoms with Gasteiger partial charge in [0.2, 0.25) is 0 Å². The fourth-order valence-corrected chi connectivity index (χ4v) is 11.3. The van der Waals surface area contributed by atoms with Crippen LogP contribution in [0, 0.1) is 0 Å². The van der Waals surface area contributed by atoms with Crippen LogP contribution < -0.4 is 0 Å². The summed E-state index contributed by atoms with van der Waals surface area (Å²) in [7, 11) is 0. The van der Waals surface area contributed by atoms with Gasteiger partial charge in [0.05, 0.1) is 0 Å². The number of hydrogen-bond acceptors (Lipinski definition) is 0. The van der Waals surface area contributed by atoms with Crippen molar-refractivity contribution in [1.82, 2.24) is 0 Å². The van der Waals surface area contributed by atoms with E-state index in [1.165, 1.54) is 141 Å². The molecule has 0 aliphatic heterocycles. The van der Waals surface area contributed by atoms with Crippen molar-refractivity contribution in [2.45, 2.75) is 0 Å². The second-order valence-corrected chi connectivity index (χ2v) is 17.1. The molecular formula is C62H36. The second kappa shape index (κ2) is 12.7. The first kappa shape index (κ1) is 33.7. The highest BCUT2D eigenvalue weighted by Gasteiger charge is 2.23. The van der Waals surface area contributed by atoms with Crippen molar-refractivity contribution in [1.29, 1.82) is 0 Å². The summed E-state index contributed by atoms with van der Waals surface area (Å²) >= 11 is 0. The van der Waals surface area contributed by atoms with Crippen molar-refractivity contribution < 1.29 is 0 Å². The normalized spacial score (nSPS) is 12.2. The average molecular weight is 781 g/mol. The lowest BCUT2D eigenvalue weighted by Crippen LogP contribution is -1.95. The Bertz CT molecular complexity index is 4110. The summed E-state index contributed by atoms with van der Waals surface area (Å²) in [6.07, 6.45) is 0. The Morgan fingerprint density at radius 3 is 1.10 bits per heavy atom. The summed E-state index contributed by atoms with van der Waals surface area (Å²) < 4.78 is 0. The maximum Gasteiger partial charge on any atom is -0.00199 e. The molecule has 0 radical (unpaired) electrons. The lowest BCUT2D eigenvalue weighted by molar-refractivity contribution is 1.63. The number of fused-ring (bicyclic) bond motifs is 3. The van der Waals surface area contributed by atoms with Gasteiger partial charge < -0.3 is 0 Å². The molecule has 0 saturated carbocycles. The third kappa shape index (κ3) is 4.67. The van der Waals surface area contributed by atoms with Crippen LogP contribution >= 0.6 is 0 Å². The van der Waals surface area contributed by atoms with Crippen LogP contribution in [0.4, 0.5) is 0 Å². The van der Waals surface area contributed by atoms with E-state index < -0.39 is 0 Å². The molecule has 0 aliphatic carbocycles. The molecule has 0 fully saturated rings. The fraction of sp³-hybridized carbons (Fsp3) is 0. The molecule has 0 N–H and O–H groups in total. The van der Waals surface area contributed by atoms with Gasteiger partial charge in [0.1, 0.15) is 0 Å². The van der Waals surface area contributed by atoms with Crippen LogP contribution in [0.1, 0.15) is 0 Å². The Labute approximate surface area is 358 Å². The topological polar surface area (TPSA) is 0 Å². The molecule has 0 spiro atoms. The van der Waals surface area contributed by atoms with Crippen molar-refractivity contribution in [2.24, 2.45) is 0 Å². The zero-order chi connectivity index (χ0) is 40.5. The van der Waals surface area contributed by atoms with Gasteiger partial charge in [-0.25, -0.2) is 0 Å². The molecule has 62 heavy (non-hydrogen) atoms. The summed E-state index contributed by atoms with van der Waals surface area (Å²) in [5.41, 5.74) is 10.00. The molecule has 14 rings (SSSR count). The first-order valence-electron chi connectivity index (χ1n) is 21.7. The summed E-state index contributed by atoms with van der Waals surface area (Å²) in [6, 6.07) is 82.2. The zero-order valence-electron chi connectivity index (χ0n) is 33.8. The molecule has 0 amide bonds. The number of hydrogen-bond donors (Lipinski definition) is 0. The highest BCUT2D eigenvalue weighted by atomic mass is 14.3. The van der Waals surface area contributed by atoms with E-state index in [0.717, 1.165) is 0 Å². The van der Waals surface area contributed by atoms with Gasteiger partial charge in [0, 0.05) is 0 Å². The molecule has 0 bridgehead atoms. The summed E-state index contributed by atoms with van der Waals surface area (Å²) in [5.74, 6) is 0. The van der Waals surface area contributed by atoms with E-state index in [-0.39, 0.29) is 0 Å². The van der Waals surface area contributed by atoms with E-state index in [9.17, 15) is 0 Å². The van der Waals surface area contributed by atoms with Gasteiger partial charge in [-0.1, -0.05) is 212 Å². The van der Waals surface area contributed by atoms with E-state index in [1.807, 2.05) is 0 Å². The van der Waals surface area contributed by atoms with Gasteiger partial charge in [-0.05, 0) is 148 Å². The van der Waals surface area contributed by atoms with Crippen molar-refractivity contribution in [2.75, 3.05) is 0 Å². The van der Waals surface area contributed by atoms with Gasteiger partial charge in [-0.2, -0.15) is 0 Å². The molecule has 0 heterocycles. The third-order valence-corrected chi connectivity index (χ3v) is 14.0. The lowest BCUT2D eigenvalue weighted by Gasteiger charge is -2.22. The standard InChI is InChI=1S/C62H36/c1-2-16-44-37(10-1)11-9-21-52(44)62-53-20-6-5-19-47(53)56(51-31-27-43-25-23-39-13-8-15-41-29-33-55(51)61(43)59(39)41)36-57(62)50-35-34-48(45-17-3-4-18-46(45)50)49-30-26-42-24-22-38-12-7-14-40-28-32-54(49)60(42)58(38)40/h1-36H. The fourth-order valence-electron chi connectivity index (χ4n) is 11.3. The van der Waals surface area contributed by atoms with E-state index in [0.29, 0.717) is 0 Å². The monoisotopic (exact) mass is 780 g/mol. The molecule has 0 aromatic heterocycles. The van der Waals surface area contributed by atoms with Gasteiger partial charge >= 0.3 is 0 Å². The average Bonchev–Trinajstić information content (AvgIpc) is 3.34. The molecule has 14 aromatic rings. The van der Waals surface area contributed by atoms with E-state index in [2.05, 4.69) is 218 Å². The Kier molecular flexibility index (Phi) is 6.92. The summed E-state index contributed by atoms with van der Waals surface area (Å²) in [5, 5.41) is 23.2. The van der Waals surface area contributed by atoms with Crippen molar-refractivity contribution in [3.63, 3.8) is 0 Å². The largest absolute Gasteiger partial charge is 0.0616 e. The molecule has 284 valence electrons. The highest BCUT2D eigenvalue weighted by Crippen LogP contribution is 2.50. The van der Waals surface area contributed by atoms with Crippen molar-refractivity contribution >= 4 is 97.0 Å². The van der Waals surface area contributed by atoms with Crippen LogP contribution in [0.25, 0.3) is 141 Å². The predicted molar refractivity (Wildman–Crippen MR) is 268 cm³/mol. The van der Waals surface area contributed by atoms with Gasteiger partial charge in [-0.15, -0.1) is 0 Å². The summed E-state index contributed by atoms with van der Waals surface area (Å²) in [4.78, 5) is 0. The molecule has 0 atom stereocenters. The quantitative estimate of drug-likeness (QED) is 0.156. The maximum absolute atomic E-state index is 2.52. The van der Waals surface area contributed by atoms with E-state index in [1.54, 1.807) is 0 Å². The molecule has 0 unspecified atom stereocenters. The Balaban J connectivity index is 1.10. The minimum Gasteiger partial charge on any atom is -0.0616 e. The van der Waals surface area contributed by atoms with E-state index in [4.69, 9.17) is 0 Å². The van der Waals surface area contributed by atoms with Gasteiger partial charge in [-0.3, -0.25) is 0 Å². The summed E-state index contributed by atoms with van der Waals surface area (Å²) in [6.45, 7) is 0. The first-order valence-corrected chi connectivity index (χ1v) is 21.7. The first-order chi connectivity index (χ1) is 30.8. The molecular weight excluding hydrogens is 745 g/mol. The smallest absolute Gasteiger partial charge is 0.00199 e. The van der Waals surface area contributed by atoms with Gasteiger partial charge in [0.15, 0.2) is 0 Å². The SMILES string of the molecule is c1ccc2c(-c3c(-c4ccc(-c5ccc6ccc7cccc8ccc5c6c78)c5ccccc45)cc(-c4ccc5ccc6cccc7ccc4c5c67)c4ccccc34)cccc2c1. The molecule has 14 aromatic carbocycles. The van der Waals surface area contributed by atoms with Crippen LogP contribution in [0.15, 0.2) is 218 Å². The Morgan fingerprint density at radius 1 is 0.161 bits per heavy atom. The zero-order valence-corrected chi connectivity index (χ0v) is 33.8. The second-order valence-electron chi connectivity index (χ2n) is 17.1. The molecule has 0 heteroatoms. The maximum atomic E-state index is 2.52. The minimum atomic E-state index is 1.23.